The summed E-state index contributed by atoms with van der Waals surface area (Å²) in [6, 6.07) is 13.3. The number of ether oxygens (including phenoxy) is 1. The summed E-state index contributed by atoms with van der Waals surface area (Å²) in [4.78, 5) is 25.8. The van der Waals surface area contributed by atoms with Gasteiger partial charge in [0, 0.05) is 18.3 Å². The zero-order chi connectivity index (χ0) is 24.4. The number of aromatic hydroxyl groups is 1. The zero-order valence-electron chi connectivity index (χ0n) is 17.7. The molecule has 0 fully saturated rings. The van der Waals surface area contributed by atoms with Crippen LogP contribution in [0.25, 0.3) is 0 Å². The van der Waals surface area contributed by atoms with Crippen LogP contribution in [0.4, 0.5) is 32.2 Å². The van der Waals surface area contributed by atoms with Crippen LogP contribution in [0.2, 0.25) is 0 Å². The Morgan fingerprint density at radius 1 is 1.09 bits per heavy atom. The summed E-state index contributed by atoms with van der Waals surface area (Å²) >= 11 is 0. The number of rotatable bonds is 6. The van der Waals surface area contributed by atoms with Crippen LogP contribution in [0.1, 0.15) is 22.8 Å². The molecule has 0 spiro atoms. The van der Waals surface area contributed by atoms with Crippen molar-refractivity contribution in [2.45, 2.75) is 13.5 Å². The molecule has 10 nitrogen and oxygen atoms in total. The van der Waals surface area contributed by atoms with Crippen LogP contribution in [0.5, 0.6) is 5.75 Å². The molecule has 0 saturated carbocycles. The maximum atomic E-state index is 12.8. The van der Waals surface area contributed by atoms with Crippen molar-refractivity contribution >= 4 is 35.1 Å². The van der Waals surface area contributed by atoms with Gasteiger partial charge in [0.2, 0.25) is 0 Å². The smallest absolute Gasteiger partial charge is 0.411 e. The zero-order valence-corrected chi connectivity index (χ0v) is 17.7. The van der Waals surface area contributed by atoms with E-state index in [-0.39, 0.29) is 29.6 Å². The second kappa shape index (κ2) is 11.7. The molecule has 0 radical (unpaired) electrons. The normalized spacial score (nSPS) is 9.88. The number of aromatic nitrogens is 1. The summed E-state index contributed by atoms with van der Waals surface area (Å²) in [6.45, 7) is 2.47. The number of halogens is 1. The fourth-order valence-corrected chi connectivity index (χ4v) is 2.48. The molecule has 0 aliphatic heterocycles. The molecule has 33 heavy (non-hydrogen) atoms. The quantitative estimate of drug-likeness (QED) is 0.302. The van der Waals surface area contributed by atoms with E-state index >= 15 is 0 Å². The van der Waals surface area contributed by atoms with E-state index in [1.54, 1.807) is 31.2 Å². The molecule has 1 heterocycles. The number of pyridine rings is 1. The molecule has 0 atom stereocenters. The standard InChI is InChI=1S/C15H17FN4O2.C7H7NO3/c1-2-22-15(21)19-12-7-8-13(20-14(12)17)18-9-10-3-5-11(16)6-4-10;8-4-1-2-5(7(10)11)6(9)3-4/h3-8H,2,9H2,1H3,(H,19,21)(H3,17,18,20);1-3,9H,8H2,(H,10,11). The predicted octanol–water partition coefficient (Wildman–Crippen LogP) is 3.66. The molecule has 0 saturated heterocycles. The van der Waals surface area contributed by atoms with Crippen molar-refractivity contribution in [3.63, 3.8) is 0 Å². The van der Waals surface area contributed by atoms with E-state index in [1.165, 1.54) is 30.3 Å². The van der Waals surface area contributed by atoms with Crippen LogP contribution in [0, 0.1) is 5.82 Å². The molecular weight excluding hydrogens is 433 g/mol. The number of anilines is 4. The highest BCUT2D eigenvalue weighted by Crippen LogP contribution is 2.20. The van der Waals surface area contributed by atoms with Gasteiger partial charge in [-0.15, -0.1) is 0 Å². The van der Waals surface area contributed by atoms with Crippen molar-refractivity contribution < 1.29 is 28.9 Å². The fourth-order valence-electron chi connectivity index (χ4n) is 2.48. The number of carbonyl (C=O) groups excluding carboxylic acids is 1. The number of carbonyl (C=O) groups is 2. The molecule has 0 unspecified atom stereocenters. The Bertz CT molecular complexity index is 1110. The molecule has 174 valence electrons. The summed E-state index contributed by atoms with van der Waals surface area (Å²) in [5.41, 5.74) is 12.6. The number of nitrogens with one attached hydrogen (secondary N) is 2. The molecule has 3 aromatic rings. The minimum atomic E-state index is -1.16. The number of benzene rings is 2. The van der Waals surface area contributed by atoms with Crippen molar-refractivity contribution in [2.75, 3.05) is 28.7 Å². The second-order valence-electron chi connectivity index (χ2n) is 6.54. The minimum Gasteiger partial charge on any atom is -0.507 e. The first-order valence-electron chi connectivity index (χ1n) is 9.70. The highest BCUT2D eigenvalue weighted by atomic mass is 19.1. The lowest BCUT2D eigenvalue weighted by Gasteiger charge is -2.10. The van der Waals surface area contributed by atoms with Crippen LogP contribution >= 0.6 is 0 Å². The van der Waals surface area contributed by atoms with E-state index in [4.69, 9.17) is 26.4 Å². The molecule has 1 aromatic heterocycles. The lowest BCUT2D eigenvalue weighted by molar-refractivity contribution is 0.0693. The Labute approximate surface area is 189 Å². The van der Waals surface area contributed by atoms with Crippen molar-refractivity contribution in [1.29, 1.82) is 0 Å². The number of hydrogen-bond donors (Lipinski definition) is 6. The summed E-state index contributed by atoms with van der Waals surface area (Å²) in [7, 11) is 0. The Kier molecular flexibility index (Phi) is 8.80. The third-order valence-electron chi connectivity index (χ3n) is 4.08. The van der Waals surface area contributed by atoms with E-state index < -0.39 is 12.1 Å². The van der Waals surface area contributed by atoms with Gasteiger partial charge in [0.1, 0.15) is 28.8 Å². The van der Waals surface area contributed by atoms with Crippen LogP contribution in [0.15, 0.2) is 54.6 Å². The molecule has 1 amide bonds. The number of nitrogens with two attached hydrogens (primary N) is 2. The second-order valence-corrected chi connectivity index (χ2v) is 6.54. The number of nitrogens with zero attached hydrogens (tertiary/aromatic N) is 1. The van der Waals surface area contributed by atoms with Crippen LogP contribution in [-0.2, 0) is 11.3 Å². The van der Waals surface area contributed by atoms with Crippen molar-refractivity contribution in [3.8, 4) is 5.75 Å². The van der Waals surface area contributed by atoms with Crippen LogP contribution < -0.4 is 22.1 Å². The topological polar surface area (TPSA) is 173 Å². The van der Waals surface area contributed by atoms with Gasteiger partial charge in [-0.3, -0.25) is 5.32 Å². The molecule has 8 N–H and O–H groups in total. The number of amides is 1. The first-order valence-corrected chi connectivity index (χ1v) is 9.70. The number of carboxylic acids is 1. The van der Waals surface area contributed by atoms with Crippen molar-refractivity contribution in [2.24, 2.45) is 0 Å². The van der Waals surface area contributed by atoms with Gasteiger partial charge in [0.15, 0.2) is 0 Å². The monoisotopic (exact) mass is 457 g/mol. The van der Waals surface area contributed by atoms with E-state index in [0.717, 1.165) is 5.56 Å². The lowest BCUT2D eigenvalue weighted by Crippen LogP contribution is -2.15. The Hall–Kier alpha value is -4.54. The highest BCUT2D eigenvalue weighted by Gasteiger charge is 2.08. The summed E-state index contributed by atoms with van der Waals surface area (Å²) < 4.78 is 17.6. The van der Waals surface area contributed by atoms with Gasteiger partial charge in [-0.05, 0) is 48.9 Å². The van der Waals surface area contributed by atoms with Crippen LogP contribution in [-0.4, -0.2) is 33.9 Å². The third-order valence-corrected chi connectivity index (χ3v) is 4.08. The van der Waals surface area contributed by atoms with E-state index in [0.29, 0.717) is 23.7 Å². The average molecular weight is 457 g/mol. The summed E-state index contributed by atoms with van der Waals surface area (Å²) in [5, 5.41) is 23.0. The van der Waals surface area contributed by atoms with Gasteiger partial charge < -0.3 is 31.7 Å². The van der Waals surface area contributed by atoms with Crippen LogP contribution in [0.3, 0.4) is 0 Å². The Morgan fingerprint density at radius 2 is 1.79 bits per heavy atom. The maximum Gasteiger partial charge on any atom is 0.411 e. The minimum absolute atomic E-state index is 0.140. The molecule has 3 rings (SSSR count). The number of nitrogen functional groups attached to an aromatic ring is 2. The Morgan fingerprint density at radius 3 is 2.36 bits per heavy atom. The molecule has 11 heteroatoms. The van der Waals surface area contributed by atoms with Crippen molar-refractivity contribution in [1.82, 2.24) is 4.98 Å². The van der Waals surface area contributed by atoms with Gasteiger partial charge in [-0.25, -0.2) is 19.0 Å². The Balaban J connectivity index is 0.000000294. The molecular formula is C22H24FN5O5. The predicted molar refractivity (Wildman–Crippen MR) is 122 cm³/mol. The summed E-state index contributed by atoms with van der Waals surface area (Å²) in [6.07, 6.45) is -0.581. The number of hydrogen-bond acceptors (Lipinski definition) is 8. The highest BCUT2D eigenvalue weighted by molar-refractivity contribution is 5.91. The van der Waals surface area contributed by atoms with Gasteiger partial charge in [0.05, 0.1) is 12.3 Å². The van der Waals surface area contributed by atoms with E-state index in [2.05, 4.69) is 15.6 Å². The molecule has 0 bridgehead atoms. The number of aromatic carboxylic acids is 1. The number of carboxylic acid groups (broad SMARTS) is 1. The summed E-state index contributed by atoms with van der Waals surface area (Å²) in [5.74, 6) is -1.02. The van der Waals surface area contributed by atoms with E-state index in [9.17, 15) is 14.0 Å². The SMILES string of the molecule is CCOC(=O)Nc1ccc(NCc2ccc(F)cc2)nc1N.Nc1ccc(C(=O)O)c(O)c1. The molecule has 2 aromatic carbocycles. The fraction of sp³-hybridized carbons (Fsp3) is 0.136. The average Bonchev–Trinajstić information content (AvgIpc) is 2.75. The van der Waals surface area contributed by atoms with Gasteiger partial charge in [-0.1, -0.05) is 12.1 Å². The van der Waals surface area contributed by atoms with Gasteiger partial charge >= 0.3 is 12.1 Å². The third kappa shape index (κ3) is 7.90. The maximum absolute atomic E-state index is 12.8. The number of phenols is 1. The molecule has 0 aliphatic rings. The molecule has 0 aliphatic carbocycles. The van der Waals surface area contributed by atoms with Gasteiger partial charge in [-0.2, -0.15) is 0 Å². The largest absolute Gasteiger partial charge is 0.507 e. The first-order chi connectivity index (χ1) is 15.7. The van der Waals surface area contributed by atoms with E-state index in [1.807, 2.05) is 0 Å². The lowest BCUT2D eigenvalue weighted by atomic mass is 10.2. The van der Waals surface area contributed by atoms with Gasteiger partial charge in [0.25, 0.3) is 0 Å². The van der Waals surface area contributed by atoms with Crippen molar-refractivity contribution in [3.05, 3.63) is 71.5 Å². The first kappa shape index (κ1) is 24.7.